The zero-order chi connectivity index (χ0) is 56.1. The molecular formula is C65H104O12. The van der Waals surface area contributed by atoms with Crippen molar-refractivity contribution in [2.24, 2.45) is 0 Å². The average Bonchev–Trinajstić information content (AvgIpc) is 3.42. The molecule has 12 heteroatoms. The summed E-state index contributed by atoms with van der Waals surface area (Å²) >= 11 is 0. The van der Waals surface area contributed by atoms with Gasteiger partial charge >= 0.3 is 23.9 Å². The Hall–Kier alpha value is -4.62. The van der Waals surface area contributed by atoms with E-state index in [0.717, 1.165) is 128 Å². The number of carbonyl (C=O) groups excluding carboxylic acids is 3. The van der Waals surface area contributed by atoms with Crippen LogP contribution in [0.15, 0.2) is 109 Å². The molecule has 0 amide bonds. The molecule has 0 saturated carbocycles. The molecule has 436 valence electrons. The van der Waals surface area contributed by atoms with E-state index in [4.69, 9.17) is 23.7 Å². The molecule has 0 aromatic heterocycles. The Bertz CT molecular complexity index is 1750. The van der Waals surface area contributed by atoms with Gasteiger partial charge in [-0.2, -0.15) is 0 Å². The molecule has 6 atom stereocenters. The van der Waals surface area contributed by atoms with Gasteiger partial charge in [0.2, 0.25) is 0 Å². The Labute approximate surface area is 465 Å². The lowest BCUT2D eigenvalue weighted by atomic mass is 9.98. The highest BCUT2D eigenvalue weighted by atomic mass is 16.7. The molecule has 12 nitrogen and oxygen atoms in total. The first kappa shape index (κ1) is 70.4. The third-order valence-corrected chi connectivity index (χ3v) is 12.8. The summed E-state index contributed by atoms with van der Waals surface area (Å²) in [4.78, 5) is 51.1. The molecule has 0 aliphatic carbocycles. The molecule has 1 rings (SSSR count). The molecule has 0 aromatic carbocycles. The Morgan fingerprint density at radius 2 is 0.831 bits per heavy atom. The van der Waals surface area contributed by atoms with E-state index in [0.29, 0.717) is 25.7 Å². The molecule has 1 fully saturated rings. The lowest BCUT2D eigenvalue weighted by Gasteiger charge is -2.40. The quantitative estimate of drug-likeness (QED) is 0.0228. The van der Waals surface area contributed by atoms with E-state index in [2.05, 4.69) is 118 Å². The fraction of sp³-hybridized carbons (Fsp3) is 0.662. The second-order valence-electron chi connectivity index (χ2n) is 19.9. The number of aliphatic hydroxyl groups is 2. The normalized spacial score (nSPS) is 18.8. The summed E-state index contributed by atoms with van der Waals surface area (Å²) in [5.41, 5.74) is 0. The van der Waals surface area contributed by atoms with Crippen molar-refractivity contribution in [1.29, 1.82) is 0 Å². The number of carboxylic acid groups (broad SMARTS) is 1. The van der Waals surface area contributed by atoms with Crippen LogP contribution >= 0.6 is 0 Å². The van der Waals surface area contributed by atoms with Gasteiger partial charge in [-0.15, -0.1) is 0 Å². The van der Waals surface area contributed by atoms with E-state index < -0.39 is 67.3 Å². The molecule has 1 saturated heterocycles. The summed E-state index contributed by atoms with van der Waals surface area (Å²) in [5, 5.41) is 31.5. The van der Waals surface area contributed by atoms with Crippen molar-refractivity contribution in [2.75, 3.05) is 13.2 Å². The number of hydrogen-bond acceptors (Lipinski definition) is 11. The van der Waals surface area contributed by atoms with Crippen molar-refractivity contribution in [3.63, 3.8) is 0 Å². The Morgan fingerprint density at radius 3 is 1.30 bits per heavy atom. The third kappa shape index (κ3) is 42.1. The average molecular weight is 1080 g/mol. The van der Waals surface area contributed by atoms with Crippen molar-refractivity contribution < 1.29 is 58.2 Å². The Kier molecular flexibility index (Phi) is 47.6. The summed E-state index contributed by atoms with van der Waals surface area (Å²) in [7, 11) is 0. The summed E-state index contributed by atoms with van der Waals surface area (Å²) in [6, 6.07) is 0. The van der Waals surface area contributed by atoms with Crippen LogP contribution in [0, 0.1) is 0 Å². The van der Waals surface area contributed by atoms with Crippen LogP contribution in [0.5, 0.6) is 0 Å². The SMILES string of the molecule is CC/C=C\C/C=C\C/C=C\C/C=C\C/C=C\CCCC(=O)OC1C(OCC(COC(=O)CCCCCCCCC/C=C\C/C=C\C/C=C\CC)OC(=O)CCCCCCC/C=C\CCCCCC)OC(C(=O)O)C(O)C1O. The van der Waals surface area contributed by atoms with Crippen LogP contribution in [-0.2, 0) is 42.9 Å². The minimum Gasteiger partial charge on any atom is -0.479 e. The first-order valence-corrected chi connectivity index (χ1v) is 29.9. The van der Waals surface area contributed by atoms with E-state index in [1.165, 1.54) is 32.1 Å². The molecule has 6 unspecified atom stereocenters. The van der Waals surface area contributed by atoms with Gasteiger partial charge in [0.05, 0.1) is 6.61 Å². The number of hydrogen-bond donors (Lipinski definition) is 3. The molecule has 1 aliphatic heterocycles. The van der Waals surface area contributed by atoms with Gasteiger partial charge in [-0.3, -0.25) is 14.4 Å². The molecule has 1 heterocycles. The van der Waals surface area contributed by atoms with Crippen LogP contribution < -0.4 is 0 Å². The van der Waals surface area contributed by atoms with Gasteiger partial charge in [0.15, 0.2) is 24.6 Å². The number of esters is 3. The first-order chi connectivity index (χ1) is 37.6. The van der Waals surface area contributed by atoms with Gasteiger partial charge in [-0.25, -0.2) is 4.79 Å². The zero-order valence-electron chi connectivity index (χ0n) is 47.9. The molecule has 0 spiro atoms. The van der Waals surface area contributed by atoms with Gasteiger partial charge in [-0.1, -0.05) is 201 Å². The van der Waals surface area contributed by atoms with Crippen LogP contribution in [-0.4, -0.2) is 89.2 Å². The highest BCUT2D eigenvalue weighted by molar-refractivity contribution is 5.74. The molecule has 77 heavy (non-hydrogen) atoms. The summed E-state index contributed by atoms with van der Waals surface area (Å²) in [6.07, 6.45) is 57.7. The van der Waals surface area contributed by atoms with Crippen molar-refractivity contribution in [3.8, 4) is 0 Å². The largest absolute Gasteiger partial charge is 0.479 e. The van der Waals surface area contributed by atoms with Crippen LogP contribution in [0.3, 0.4) is 0 Å². The van der Waals surface area contributed by atoms with E-state index in [1.54, 1.807) is 0 Å². The highest BCUT2D eigenvalue weighted by Crippen LogP contribution is 2.26. The van der Waals surface area contributed by atoms with Crippen LogP contribution in [0.25, 0.3) is 0 Å². The number of aliphatic hydroxyl groups excluding tert-OH is 2. The maximum Gasteiger partial charge on any atom is 0.335 e. The third-order valence-electron chi connectivity index (χ3n) is 12.8. The lowest BCUT2D eigenvalue weighted by molar-refractivity contribution is -0.301. The summed E-state index contributed by atoms with van der Waals surface area (Å²) in [5.74, 6) is -3.23. The number of aliphatic carboxylic acids is 1. The minimum atomic E-state index is -1.93. The van der Waals surface area contributed by atoms with Crippen molar-refractivity contribution in [2.45, 2.75) is 263 Å². The summed E-state index contributed by atoms with van der Waals surface area (Å²) < 4.78 is 28.4. The van der Waals surface area contributed by atoms with Gasteiger partial charge in [-0.05, 0) is 116 Å². The number of carbonyl (C=O) groups is 4. The maximum atomic E-state index is 13.1. The molecule has 3 N–H and O–H groups in total. The number of allylic oxidation sites excluding steroid dienone is 18. The van der Waals surface area contributed by atoms with Gasteiger partial charge in [0, 0.05) is 19.3 Å². The van der Waals surface area contributed by atoms with E-state index >= 15 is 0 Å². The molecule has 0 radical (unpaired) electrons. The standard InChI is InChI=1S/C65H104O12/c1-4-7-10-13-16-19-22-25-27-29-31-34-36-39-42-45-48-51-57(66)73-54-56(75-58(67)52-49-46-43-40-37-33-24-21-18-15-12-9-6-3)55-74-65-63(61(70)60(69)62(77-65)64(71)72)76-59(68)53-50-47-44-41-38-35-32-30-28-26-23-20-17-14-11-8-5-2/h7-8,10-11,16-17,19-21,24-28,32,35,41,44,56,60-63,65,69-70H,4-6,9,12-15,18,22-23,29-31,33-34,36-40,42-43,45-55H2,1-3H3,(H,71,72)/b10-7-,11-8-,19-16-,20-17-,24-21-,27-25-,28-26-,35-32-,44-41-. The van der Waals surface area contributed by atoms with Crippen molar-refractivity contribution >= 4 is 23.9 Å². The molecule has 1 aliphatic rings. The van der Waals surface area contributed by atoms with Gasteiger partial charge in [0.25, 0.3) is 0 Å². The predicted octanol–water partition coefficient (Wildman–Crippen LogP) is 15.4. The number of rotatable bonds is 49. The second-order valence-corrected chi connectivity index (χ2v) is 19.9. The molecule has 0 aromatic rings. The van der Waals surface area contributed by atoms with Crippen LogP contribution in [0.4, 0.5) is 0 Å². The van der Waals surface area contributed by atoms with Crippen molar-refractivity contribution in [3.05, 3.63) is 109 Å². The second kappa shape index (κ2) is 52.1. The van der Waals surface area contributed by atoms with E-state index in [9.17, 15) is 34.5 Å². The zero-order valence-corrected chi connectivity index (χ0v) is 47.9. The molecular weight excluding hydrogens is 973 g/mol. The predicted molar refractivity (Wildman–Crippen MR) is 312 cm³/mol. The monoisotopic (exact) mass is 1080 g/mol. The van der Waals surface area contributed by atoms with E-state index in [-0.39, 0.29) is 25.9 Å². The number of carboxylic acids is 1. The van der Waals surface area contributed by atoms with E-state index in [1.807, 2.05) is 12.2 Å². The number of unbranched alkanes of at least 4 members (excludes halogenated alkanes) is 17. The maximum absolute atomic E-state index is 13.1. The number of ether oxygens (including phenoxy) is 5. The first-order valence-electron chi connectivity index (χ1n) is 29.9. The topological polar surface area (TPSA) is 175 Å². The summed E-state index contributed by atoms with van der Waals surface area (Å²) in [6.45, 7) is 5.71. The Morgan fingerprint density at radius 1 is 0.442 bits per heavy atom. The Balaban J connectivity index is 2.73. The van der Waals surface area contributed by atoms with Crippen LogP contribution in [0.1, 0.15) is 226 Å². The highest BCUT2D eigenvalue weighted by Gasteiger charge is 2.50. The smallest absolute Gasteiger partial charge is 0.335 e. The van der Waals surface area contributed by atoms with Gasteiger partial charge in [0.1, 0.15) is 18.8 Å². The fourth-order valence-electron chi connectivity index (χ4n) is 8.29. The van der Waals surface area contributed by atoms with Crippen LogP contribution in [0.2, 0.25) is 0 Å². The fourth-order valence-corrected chi connectivity index (χ4v) is 8.29. The molecule has 0 bridgehead atoms. The van der Waals surface area contributed by atoms with Gasteiger partial charge < -0.3 is 39.0 Å². The minimum absolute atomic E-state index is 0.0244. The lowest BCUT2D eigenvalue weighted by Crippen LogP contribution is -2.61. The van der Waals surface area contributed by atoms with Crippen molar-refractivity contribution in [1.82, 2.24) is 0 Å².